The number of aromatic nitrogens is 2. The molecular formula is C8H7BrN2S. The van der Waals surface area contributed by atoms with E-state index >= 15 is 0 Å². The Morgan fingerprint density at radius 1 is 1.50 bits per heavy atom. The fourth-order valence-corrected chi connectivity index (χ4v) is 3.57. The molecule has 2 nitrogen and oxygen atoms in total. The van der Waals surface area contributed by atoms with E-state index in [4.69, 9.17) is 0 Å². The van der Waals surface area contributed by atoms with Crippen LogP contribution in [0, 0.1) is 0 Å². The summed E-state index contributed by atoms with van der Waals surface area (Å²) < 4.78 is 3.32. The number of nitrogens with zero attached hydrogens (tertiary/aromatic N) is 2. The molecule has 0 spiro atoms. The highest BCUT2D eigenvalue weighted by molar-refractivity contribution is 9.10. The summed E-state index contributed by atoms with van der Waals surface area (Å²) in [5, 5.41) is 0. The van der Waals surface area contributed by atoms with Crippen molar-refractivity contribution in [3.8, 4) is 0 Å². The van der Waals surface area contributed by atoms with E-state index in [0.717, 1.165) is 9.56 Å². The van der Waals surface area contributed by atoms with Gasteiger partial charge in [0.15, 0.2) is 4.96 Å². The van der Waals surface area contributed by atoms with Crippen molar-refractivity contribution in [1.82, 2.24) is 9.38 Å². The maximum absolute atomic E-state index is 4.32. The molecule has 62 valence electrons. The van der Waals surface area contributed by atoms with E-state index < -0.39 is 0 Å². The van der Waals surface area contributed by atoms with Gasteiger partial charge >= 0.3 is 0 Å². The summed E-state index contributed by atoms with van der Waals surface area (Å²) in [5.74, 6) is 0. The summed E-state index contributed by atoms with van der Waals surface area (Å²) in [4.78, 5) is 6.97. The molecule has 0 saturated carbocycles. The Bertz CT molecular complexity index is 443. The molecule has 3 rings (SSSR count). The lowest BCUT2D eigenvalue weighted by Gasteiger charge is -1.92. The van der Waals surface area contributed by atoms with Crippen molar-refractivity contribution in [2.24, 2.45) is 0 Å². The van der Waals surface area contributed by atoms with E-state index in [2.05, 4.69) is 25.3 Å². The lowest BCUT2D eigenvalue weighted by Crippen LogP contribution is -1.87. The highest BCUT2D eigenvalue weighted by atomic mass is 79.9. The monoisotopic (exact) mass is 242 g/mol. The van der Waals surface area contributed by atoms with Crippen LogP contribution in [0.15, 0.2) is 10.8 Å². The number of fused-ring (bicyclic) bond motifs is 3. The number of hydrogen-bond donors (Lipinski definition) is 0. The molecule has 0 N–H and O–H groups in total. The number of aryl methyl sites for hydroxylation is 2. The van der Waals surface area contributed by atoms with Gasteiger partial charge in [0.05, 0.1) is 6.20 Å². The molecule has 0 aliphatic heterocycles. The van der Waals surface area contributed by atoms with Crippen LogP contribution in [0.2, 0.25) is 0 Å². The Labute approximate surface area is 82.4 Å². The Hall–Kier alpha value is -0.350. The lowest BCUT2D eigenvalue weighted by molar-refractivity contribution is 0.885. The average molecular weight is 243 g/mol. The summed E-state index contributed by atoms with van der Waals surface area (Å²) >= 11 is 5.34. The van der Waals surface area contributed by atoms with E-state index in [9.17, 15) is 0 Å². The van der Waals surface area contributed by atoms with Gasteiger partial charge in [-0.25, -0.2) is 4.98 Å². The third-order valence-electron chi connectivity index (χ3n) is 2.31. The summed E-state index contributed by atoms with van der Waals surface area (Å²) in [6, 6.07) is 0. The van der Waals surface area contributed by atoms with Crippen LogP contribution < -0.4 is 0 Å². The maximum Gasteiger partial charge on any atom is 0.195 e. The number of halogens is 1. The first kappa shape index (κ1) is 7.09. The zero-order chi connectivity index (χ0) is 8.13. The second kappa shape index (κ2) is 2.33. The Morgan fingerprint density at radius 2 is 2.42 bits per heavy atom. The Kier molecular flexibility index (Phi) is 1.37. The van der Waals surface area contributed by atoms with Crippen LogP contribution in [0.1, 0.15) is 17.0 Å². The fourth-order valence-electron chi connectivity index (χ4n) is 1.79. The minimum Gasteiger partial charge on any atom is -0.281 e. The van der Waals surface area contributed by atoms with Crippen LogP contribution in [0.4, 0.5) is 0 Å². The third kappa shape index (κ3) is 0.769. The van der Waals surface area contributed by atoms with Gasteiger partial charge in [0.2, 0.25) is 0 Å². The average Bonchev–Trinajstić information content (AvgIpc) is 2.61. The van der Waals surface area contributed by atoms with Gasteiger partial charge in [0.1, 0.15) is 4.60 Å². The van der Waals surface area contributed by atoms with Crippen LogP contribution in [-0.2, 0) is 12.8 Å². The van der Waals surface area contributed by atoms with Gasteiger partial charge in [-0.2, -0.15) is 0 Å². The third-order valence-corrected chi connectivity index (χ3v) is 4.03. The molecule has 0 amide bonds. The number of hydrogen-bond acceptors (Lipinski definition) is 2. The van der Waals surface area contributed by atoms with E-state index in [-0.39, 0.29) is 0 Å². The molecule has 1 aliphatic carbocycles. The second-order valence-corrected chi connectivity index (χ2v) is 4.90. The van der Waals surface area contributed by atoms with Crippen LogP contribution in [-0.4, -0.2) is 9.38 Å². The van der Waals surface area contributed by atoms with E-state index in [1.807, 2.05) is 17.5 Å². The van der Waals surface area contributed by atoms with Crippen molar-refractivity contribution >= 4 is 32.2 Å². The summed E-state index contributed by atoms with van der Waals surface area (Å²) in [7, 11) is 0. The highest BCUT2D eigenvalue weighted by Crippen LogP contribution is 2.32. The molecule has 0 unspecified atom stereocenters. The van der Waals surface area contributed by atoms with Crippen LogP contribution in [0.5, 0.6) is 0 Å². The summed E-state index contributed by atoms with van der Waals surface area (Å²) in [6.07, 6.45) is 5.65. The first-order valence-corrected chi connectivity index (χ1v) is 5.61. The van der Waals surface area contributed by atoms with Crippen LogP contribution in [0.3, 0.4) is 0 Å². The predicted molar refractivity (Wildman–Crippen MR) is 52.8 cm³/mol. The molecule has 4 heteroatoms. The summed E-state index contributed by atoms with van der Waals surface area (Å²) in [5.41, 5.74) is 1.47. The van der Waals surface area contributed by atoms with Crippen molar-refractivity contribution in [2.45, 2.75) is 19.3 Å². The summed E-state index contributed by atoms with van der Waals surface area (Å²) in [6.45, 7) is 0. The van der Waals surface area contributed by atoms with Gasteiger partial charge in [0, 0.05) is 10.6 Å². The van der Waals surface area contributed by atoms with Gasteiger partial charge in [-0.1, -0.05) is 0 Å². The first-order chi connectivity index (χ1) is 5.86. The SMILES string of the molecule is Brc1cnc2sc3c(n12)CCC3. The smallest absolute Gasteiger partial charge is 0.195 e. The van der Waals surface area contributed by atoms with Gasteiger partial charge < -0.3 is 0 Å². The van der Waals surface area contributed by atoms with Crippen molar-refractivity contribution in [3.63, 3.8) is 0 Å². The molecule has 0 atom stereocenters. The standard InChI is InChI=1S/C8H7BrN2S/c9-7-4-10-8-11(7)5-2-1-3-6(5)12-8/h4H,1-3H2. The van der Waals surface area contributed by atoms with Crippen LogP contribution in [0.25, 0.3) is 4.96 Å². The molecule has 2 aromatic rings. The van der Waals surface area contributed by atoms with Crippen LogP contribution >= 0.6 is 27.3 Å². The molecule has 0 saturated heterocycles. The molecular weight excluding hydrogens is 236 g/mol. The number of thiazole rings is 1. The molecule has 1 aliphatic rings. The van der Waals surface area contributed by atoms with Gasteiger partial charge in [-0.05, 0) is 35.2 Å². The van der Waals surface area contributed by atoms with Crippen molar-refractivity contribution < 1.29 is 0 Å². The molecule has 2 aromatic heterocycles. The van der Waals surface area contributed by atoms with E-state index in [0.29, 0.717) is 0 Å². The normalized spacial score (nSPS) is 15.8. The van der Waals surface area contributed by atoms with E-state index in [1.54, 1.807) is 0 Å². The van der Waals surface area contributed by atoms with Gasteiger partial charge in [-0.15, -0.1) is 11.3 Å². The topological polar surface area (TPSA) is 17.3 Å². The van der Waals surface area contributed by atoms with Gasteiger partial charge in [-0.3, -0.25) is 4.40 Å². The second-order valence-electron chi connectivity index (χ2n) is 3.02. The van der Waals surface area contributed by atoms with Crippen molar-refractivity contribution in [3.05, 3.63) is 21.4 Å². The lowest BCUT2D eigenvalue weighted by atomic mass is 10.4. The largest absolute Gasteiger partial charge is 0.281 e. The quantitative estimate of drug-likeness (QED) is 0.695. The van der Waals surface area contributed by atoms with Gasteiger partial charge in [0.25, 0.3) is 0 Å². The molecule has 0 radical (unpaired) electrons. The van der Waals surface area contributed by atoms with Crippen molar-refractivity contribution in [1.29, 1.82) is 0 Å². The molecule has 12 heavy (non-hydrogen) atoms. The number of imidazole rings is 1. The fraction of sp³-hybridized carbons (Fsp3) is 0.375. The zero-order valence-electron chi connectivity index (χ0n) is 6.38. The molecule has 0 fully saturated rings. The van der Waals surface area contributed by atoms with E-state index in [1.165, 1.54) is 29.8 Å². The predicted octanol–water partition coefficient (Wildman–Crippen LogP) is 2.65. The zero-order valence-corrected chi connectivity index (χ0v) is 8.78. The Morgan fingerprint density at radius 3 is 3.33 bits per heavy atom. The molecule has 0 aromatic carbocycles. The highest BCUT2D eigenvalue weighted by Gasteiger charge is 2.19. The molecule has 0 bridgehead atoms. The number of rotatable bonds is 0. The Balaban J connectivity index is 2.46. The molecule has 2 heterocycles. The minimum atomic E-state index is 1.09. The first-order valence-electron chi connectivity index (χ1n) is 4.00. The minimum absolute atomic E-state index is 1.09. The maximum atomic E-state index is 4.32. The van der Waals surface area contributed by atoms with Crippen molar-refractivity contribution in [2.75, 3.05) is 0 Å².